The molecular weight excluding hydrogens is 338 g/mol. The molecule has 1 saturated heterocycles. The first-order valence-corrected chi connectivity index (χ1v) is 9.77. The number of amides is 4. The Balaban J connectivity index is 1.81. The van der Waals surface area contributed by atoms with Gasteiger partial charge in [-0.2, -0.15) is 0 Å². The quantitative estimate of drug-likeness (QED) is 0.494. The highest BCUT2D eigenvalue weighted by Crippen LogP contribution is 2.24. The van der Waals surface area contributed by atoms with Crippen molar-refractivity contribution in [1.82, 2.24) is 15.5 Å². The van der Waals surface area contributed by atoms with Crippen molar-refractivity contribution in [3.63, 3.8) is 0 Å². The number of unbranched alkanes of at least 4 members (excludes halogenated alkanes) is 4. The second kappa shape index (κ2) is 8.99. The summed E-state index contributed by atoms with van der Waals surface area (Å²) >= 11 is 1.55. The molecule has 1 aromatic heterocycles. The molecule has 1 fully saturated rings. The normalized spacial score (nSPS) is 20.0. The molecule has 0 radical (unpaired) electrons. The van der Waals surface area contributed by atoms with Crippen LogP contribution in [0.25, 0.3) is 0 Å². The molecule has 4 amide bonds. The minimum atomic E-state index is -0.892. The SMILES string of the molecule is CCCCCCC[C@@]1(C)NC(=O)N(CC(=O)NCc2cccs2)C1=O. The summed E-state index contributed by atoms with van der Waals surface area (Å²) in [5.74, 6) is -0.636. The number of nitrogens with one attached hydrogen (secondary N) is 2. The van der Waals surface area contributed by atoms with E-state index >= 15 is 0 Å². The number of nitrogens with zero attached hydrogens (tertiary/aromatic N) is 1. The van der Waals surface area contributed by atoms with Gasteiger partial charge in [0, 0.05) is 4.88 Å². The van der Waals surface area contributed by atoms with Gasteiger partial charge in [0.2, 0.25) is 5.91 Å². The zero-order valence-electron chi connectivity index (χ0n) is 15.0. The number of carbonyl (C=O) groups is 3. The molecule has 7 heteroatoms. The topological polar surface area (TPSA) is 78.5 Å². The molecule has 2 N–H and O–H groups in total. The van der Waals surface area contributed by atoms with Gasteiger partial charge in [-0.1, -0.05) is 45.1 Å². The van der Waals surface area contributed by atoms with E-state index < -0.39 is 11.6 Å². The summed E-state index contributed by atoms with van der Waals surface area (Å²) in [5.41, 5.74) is -0.892. The van der Waals surface area contributed by atoms with Gasteiger partial charge in [0.1, 0.15) is 12.1 Å². The highest BCUT2D eigenvalue weighted by molar-refractivity contribution is 7.09. The largest absolute Gasteiger partial charge is 0.350 e. The second-order valence-corrected chi connectivity index (χ2v) is 7.71. The van der Waals surface area contributed by atoms with Crippen LogP contribution in [-0.4, -0.2) is 34.8 Å². The van der Waals surface area contributed by atoms with E-state index in [1.807, 2.05) is 17.5 Å². The third-order valence-electron chi connectivity index (χ3n) is 4.47. The Morgan fingerprint density at radius 2 is 2.04 bits per heavy atom. The molecule has 1 atom stereocenters. The standard InChI is InChI=1S/C18H27N3O3S/c1-3-4-5-6-7-10-18(2)16(23)21(17(24)20-18)13-15(22)19-12-14-9-8-11-25-14/h8-9,11H,3-7,10,12-13H2,1-2H3,(H,19,22)(H,20,24)/t18-/m1/s1. The molecule has 138 valence electrons. The van der Waals surface area contributed by atoms with Crippen LogP contribution in [0.2, 0.25) is 0 Å². The van der Waals surface area contributed by atoms with Crippen molar-refractivity contribution in [2.45, 2.75) is 64.5 Å². The molecule has 0 saturated carbocycles. The smallest absolute Gasteiger partial charge is 0.325 e. The van der Waals surface area contributed by atoms with E-state index in [0.717, 1.165) is 29.0 Å². The molecule has 0 bridgehead atoms. The lowest BCUT2D eigenvalue weighted by Crippen LogP contribution is -2.45. The van der Waals surface area contributed by atoms with Crippen molar-refractivity contribution < 1.29 is 14.4 Å². The average molecular weight is 365 g/mol. The van der Waals surface area contributed by atoms with E-state index in [2.05, 4.69) is 17.6 Å². The predicted octanol–water partition coefficient (Wildman–Crippen LogP) is 3.04. The fourth-order valence-corrected chi connectivity index (χ4v) is 3.59. The number of hydrogen-bond acceptors (Lipinski definition) is 4. The van der Waals surface area contributed by atoms with Crippen LogP contribution in [0.1, 0.15) is 57.2 Å². The van der Waals surface area contributed by atoms with Crippen molar-refractivity contribution in [3.05, 3.63) is 22.4 Å². The Morgan fingerprint density at radius 3 is 2.72 bits per heavy atom. The van der Waals surface area contributed by atoms with Gasteiger partial charge in [-0.05, 0) is 24.8 Å². The molecule has 0 spiro atoms. The Morgan fingerprint density at radius 1 is 1.28 bits per heavy atom. The second-order valence-electron chi connectivity index (χ2n) is 6.67. The van der Waals surface area contributed by atoms with Crippen LogP contribution < -0.4 is 10.6 Å². The van der Waals surface area contributed by atoms with Gasteiger partial charge in [-0.25, -0.2) is 4.79 Å². The molecule has 0 aliphatic carbocycles. The highest BCUT2D eigenvalue weighted by Gasteiger charge is 2.47. The Labute approximate surface area is 153 Å². The van der Waals surface area contributed by atoms with Crippen molar-refractivity contribution in [2.24, 2.45) is 0 Å². The van der Waals surface area contributed by atoms with Crippen LogP contribution in [-0.2, 0) is 16.1 Å². The maximum atomic E-state index is 12.6. The lowest BCUT2D eigenvalue weighted by Gasteiger charge is -2.21. The molecule has 1 aliphatic heterocycles. The first-order chi connectivity index (χ1) is 12.0. The summed E-state index contributed by atoms with van der Waals surface area (Å²) < 4.78 is 0. The van der Waals surface area contributed by atoms with Gasteiger partial charge in [0.15, 0.2) is 0 Å². The van der Waals surface area contributed by atoms with Crippen molar-refractivity contribution in [1.29, 1.82) is 0 Å². The third-order valence-corrected chi connectivity index (χ3v) is 5.34. The summed E-state index contributed by atoms with van der Waals surface area (Å²) in [7, 11) is 0. The molecule has 0 unspecified atom stereocenters. The van der Waals surface area contributed by atoms with Gasteiger partial charge in [0.05, 0.1) is 6.54 Å². The maximum absolute atomic E-state index is 12.6. The number of hydrogen-bond donors (Lipinski definition) is 2. The molecule has 25 heavy (non-hydrogen) atoms. The van der Waals surface area contributed by atoms with Crippen LogP contribution in [0.5, 0.6) is 0 Å². The molecule has 2 rings (SSSR count). The first-order valence-electron chi connectivity index (χ1n) is 8.89. The van der Waals surface area contributed by atoms with Crippen LogP contribution in [0.15, 0.2) is 17.5 Å². The highest BCUT2D eigenvalue weighted by atomic mass is 32.1. The Hall–Kier alpha value is -1.89. The summed E-state index contributed by atoms with van der Waals surface area (Å²) in [4.78, 5) is 38.8. The minimum Gasteiger partial charge on any atom is -0.350 e. The molecule has 1 aliphatic rings. The van der Waals surface area contributed by atoms with Crippen molar-refractivity contribution in [3.8, 4) is 0 Å². The number of rotatable bonds is 10. The summed E-state index contributed by atoms with van der Waals surface area (Å²) in [6, 6.07) is 3.36. The fourth-order valence-electron chi connectivity index (χ4n) is 2.94. The number of urea groups is 1. The van der Waals surface area contributed by atoms with Crippen LogP contribution in [0.4, 0.5) is 4.79 Å². The van der Waals surface area contributed by atoms with E-state index in [1.54, 1.807) is 18.3 Å². The summed E-state index contributed by atoms with van der Waals surface area (Å²) in [5, 5.41) is 7.44. The van der Waals surface area contributed by atoms with Crippen molar-refractivity contribution in [2.75, 3.05) is 6.54 Å². The summed E-state index contributed by atoms with van der Waals surface area (Å²) in [6.07, 6.45) is 6.04. The van der Waals surface area contributed by atoms with Gasteiger partial charge in [-0.15, -0.1) is 11.3 Å². The monoisotopic (exact) mass is 365 g/mol. The van der Waals surface area contributed by atoms with Gasteiger partial charge in [0.25, 0.3) is 5.91 Å². The number of carbonyl (C=O) groups excluding carboxylic acids is 3. The number of thiophene rings is 1. The van der Waals surface area contributed by atoms with Crippen LogP contribution in [0, 0.1) is 0 Å². The van der Waals surface area contributed by atoms with E-state index in [-0.39, 0.29) is 18.4 Å². The first kappa shape index (κ1) is 19.4. The van der Waals surface area contributed by atoms with Gasteiger partial charge >= 0.3 is 6.03 Å². The van der Waals surface area contributed by atoms with E-state index in [4.69, 9.17) is 0 Å². The molecular formula is C18H27N3O3S. The predicted molar refractivity (Wildman–Crippen MR) is 98.2 cm³/mol. The average Bonchev–Trinajstić information content (AvgIpc) is 3.16. The summed E-state index contributed by atoms with van der Waals surface area (Å²) in [6.45, 7) is 4.08. The Bertz CT molecular complexity index is 603. The van der Waals surface area contributed by atoms with Crippen LogP contribution >= 0.6 is 11.3 Å². The zero-order chi connectivity index (χ0) is 18.3. The lowest BCUT2D eigenvalue weighted by molar-refractivity contribution is -0.134. The Kier molecular flexibility index (Phi) is 6.99. The molecule has 1 aromatic rings. The molecule has 0 aromatic carbocycles. The van der Waals surface area contributed by atoms with Gasteiger partial charge in [-0.3, -0.25) is 14.5 Å². The zero-order valence-corrected chi connectivity index (χ0v) is 15.8. The van der Waals surface area contributed by atoms with E-state index in [1.165, 1.54) is 12.8 Å². The minimum absolute atomic E-state index is 0.235. The molecule has 2 heterocycles. The van der Waals surface area contributed by atoms with Crippen LogP contribution in [0.3, 0.4) is 0 Å². The lowest BCUT2D eigenvalue weighted by atomic mass is 9.94. The van der Waals surface area contributed by atoms with Gasteiger partial charge < -0.3 is 10.6 Å². The maximum Gasteiger partial charge on any atom is 0.325 e. The number of imide groups is 1. The van der Waals surface area contributed by atoms with E-state index in [9.17, 15) is 14.4 Å². The van der Waals surface area contributed by atoms with E-state index in [0.29, 0.717) is 13.0 Å². The third kappa shape index (κ3) is 5.29. The molecule has 6 nitrogen and oxygen atoms in total. The fraction of sp³-hybridized carbons (Fsp3) is 0.611. The van der Waals surface area contributed by atoms with Crippen molar-refractivity contribution >= 4 is 29.2 Å².